The lowest BCUT2D eigenvalue weighted by atomic mass is 10.2. The number of carboxylic acid groups (broad SMARTS) is 1. The Bertz CT molecular complexity index is 169. The largest absolute Gasteiger partial charge is 0.481 e. The van der Waals surface area contributed by atoms with Gasteiger partial charge >= 0.3 is 11.9 Å². The molecule has 70 valence electrons. The highest BCUT2D eigenvalue weighted by Crippen LogP contribution is 1.96. The Hall–Kier alpha value is -1.10. The molecular weight excluding hydrogens is 162 g/mol. The van der Waals surface area contributed by atoms with E-state index in [1.54, 1.807) is 6.92 Å². The van der Waals surface area contributed by atoms with E-state index < -0.39 is 18.0 Å². The van der Waals surface area contributed by atoms with Gasteiger partial charge in [-0.15, -0.1) is 0 Å². The van der Waals surface area contributed by atoms with Crippen molar-refractivity contribution in [2.45, 2.75) is 25.8 Å². The van der Waals surface area contributed by atoms with Gasteiger partial charge in [0.15, 0.2) is 0 Å². The topological polar surface area (TPSA) is 89.6 Å². The highest BCUT2D eigenvalue weighted by atomic mass is 16.5. The van der Waals surface area contributed by atoms with Gasteiger partial charge in [0.05, 0.1) is 6.61 Å². The second-order valence-electron chi connectivity index (χ2n) is 2.29. The number of rotatable bonds is 5. The SMILES string of the molecule is CCOC(=O)[C@H](N)CCC(=O)O. The first-order chi connectivity index (χ1) is 5.57. The van der Waals surface area contributed by atoms with E-state index in [0.717, 1.165) is 0 Å². The van der Waals surface area contributed by atoms with Crippen molar-refractivity contribution in [2.24, 2.45) is 5.73 Å². The molecule has 0 aromatic heterocycles. The van der Waals surface area contributed by atoms with Crippen LogP contribution in [0.2, 0.25) is 0 Å². The zero-order chi connectivity index (χ0) is 9.56. The average molecular weight is 175 g/mol. The minimum Gasteiger partial charge on any atom is -0.481 e. The van der Waals surface area contributed by atoms with Gasteiger partial charge in [-0.1, -0.05) is 0 Å². The number of hydrogen-bond donors (Lipinski definition) is 2. The molecule has 0 aromatic rings. The number of aliphatic carboxylic acids is 1. The van der Waals surface area contributed by atoms with E-state index in [1.165, 1.54) is 0 Å². The fourth-order valence-electron chi connectivity index (χ4n) is 0.646. The third-order valence-corrected chi connectivity index (χ3v) is 1.26. The molecule has 0 radical (unpaired) electrons. The number of hydrogen-bond acceptors (Lipinski definition) is 4. The van der Waals surface area contributed by atoms with Crippen molar-refractivity contribution >= 4 is 11.9 Å². The zero-order valence-corrected chi connectivity index (χ0v) is 6.95. The van der Waals surface area contributed by atoms with Crippen LogP contribution in [-0.4, -0.2) is 29.7 Å². The molecule has 0 saturated heterocycles. The monoisotopic (exact) mass is 175 g/mol. The number of esters is 1. The molecule has 0 heterocycles. The van der Waals surface area contributed by atoms with Crippen LogP contribution in [0.25, 0.3) is 0 Å². The number of ether oxygens (including phenoxy) is 1. The lowest BCUT2D eigenvalue weighted by Crippen LogP contribution is -2.32. The number of carbonyl (C=O) groups is 2. The standard InChI is InChI=1S/C7H13NO4/c1-2-12-7(11)5(8)3-4-6(9)10/h5H,2-4,8H2,1H3,(H,9,10)/t5-/m1/s1. The van der Waals surface area contributed by atoms with Crippen molar-refractivity contribution in [2.75, 3.05) is 6.61 Å². The molecule has 0 saturated carbocycles. The zero-order valence-electron chi connectivity index (χ0n) is 6.95. The van der Waals surface area contributed by atoms with Gasteiger partial charge in [0.1, 0.15) is 6.04 Å². The first-order valence-corrected chi connectivity index (χ1v) is 3.72. The molecule has 0 rings (SSSR count). The molecule has 3 N–H and O–H groups in total. The summed E-state index contributed by atoms with van der Waals surface area (Å²) in [6, 6.07) is -0.818. The van der Waals surface area contributed by atoms with Crippen LogP contribution in [-0.2, 0) is 14.3 Å². The van der Waals surface area contributed by atoms with Crippen LogP contribution < -0.4 is 5.73 Å². The minimum absolute atomic E-state index is 0.111. The van der Waals surface area contributed by atoms with Gasteiger partial charge in [0, 0.05) is 6.42 Å². The van der Waals surface area contributed by atoms with Crippen LogP contribution in [0.15, 0.2) is 0 Å². The fraction of sp³-hybridized carbons (Fsp3) is 0.714. The van der Waals surface area contributed by atoms with Crippen LogP contribution in [0.3, 0.4) is 0 Å². The van der Waals surface area contributed by atoms with Crippen LogP contribution >= 0.6 is 0 Å². The molecule has 5 nitrogen and oxygen atoms in total. The number of carboxylic acids is 1. The molecule has 0 bridgehead atoms. The van der Waals surface area contributed by atoms with E-state index in [9.17, 15) is 9.59 Å². The molecule has 0 aliphatic rings. The van der Waals surface area contributed by atoms with Crippen LogP contribution in [0, 0.1) is 0 Å². The molecule has 0 fully saturated rings. The summed E-state index contributed by atoms with van der Waals surface area (Å²) < 4.78 is 4.58. The molecule has 1 atom stereocenters. The van der Waals surface area contributed by atoms with E-state index in [4.69, 9.17) is 10.8 Å². The quantitative estimate of drug-likeness (QED) is 0.562. The van der Waals surface area contributed by atoms with Gasteiger partial charge in [-0.25, -0.2) is 0 Å². The van der Waals surface area contributed by atoms with Crippen LogP contribution in [0.1, 0.15) is 19.8 Å². The smallest absolute Gasteiger partial charge is 0.322 e. The van der Waals surface area contributed by atoms with Crippen LogP contribution in [0.4, 0.5) is 0 Å². The van der Waals surface area contributed by atoms with Gasteiger partial charge in [-0.05, 0) is 13.3 Å². The fourth-order valence-corrected chi connectivity index (χ4v) is 0.646. The van der Waals surface area contributed by atoms with Crippen molar-refractivity contribution in [1.82, 2.24) is 0 Å². The van der Waals surface area contributed by atoms with Gasteiger partial charge in [-0.2, -0.15) is 0 Å². The van der Waals surface area contributed by atoms with E-state index in [1.807, 2.05) is 0 Å². The highest BCUT2D eigenvalue weighted by molar-refractivity contribution is 5.76. The summed E-state index contributed by atoms with van der Waals surface area (Å²) in [7, 11) is 0. The Kier molecular flexibility index (Phi) is 5.03. The van der Waals surface area contributed by atoms with Gasteiger partial charge in [-0.3, -0.25) is 9.59 Å². The van der Waals surface area contributed by atoms with Gasteiger partial charge < -0.3 is 15.6 Å². The second-order valence-corrected chi connectivity index (χ2v) is 2.29. The Morgan fingerprint density at radius 2 is 2.17 bits per heavy atom. The summed E-state index contributed by atoms with van der Waals surface area (Å²) in [5, 5.41) is 8.27. The Morgan fingerprint density at radius 3 is 2.58 bits per heavy atom. The minimum atomic E-state index is -0.963. The Morgan fingerprint density at radius 1 is 1.58 bits per heavy atom. The summed E-state index contributed by atoms with van der Waals surface area (Å²) in [5.41, 5.74) is 5.31. The molecule has 5 heteroatoms. The van der Waals surface area contributed by atoms with Crippen molar-refractivity contribution in [3.8, 4) is 0 Å². The molecule has 0 aromatic carbocycles. The lowest BCUT2D eigenvalue weighted by molar-refractivity contribution is -0.145. The lowest BCUT2D eigenvalue weighted by Gasteiger charge is -2.07. The van der Waals surface area contributed by atoms with E-state index >= 15 is 0 Å². The Labute approximate surface area is 70.5 Å². The van der Waals surface area contributed by atoms with Gasteiger partial charge in [0.2, 0.25) is 0 Å². The molecule has 0 aliphatic carbocycles. The predicted molar refractivity (Wildman–Crippen MR) is 41.5 cm³/mol. The summed E-state index contributed by atoms with van der Waals surface area (Å²) >= 11 is 0. The first kappa shape index (κ1) is 10.9. The molecule has 0 unspecified atom stereocenters. The van der Waals surface area contributed by atoms with E-state index in [2.05, 4.69) is 4.74 Å². The maximum Gasteiger partial charge on any atom is 0.322 e. The molecule has 0 aliphatic heterocycles. The summed E-state index contributed by atoms with van der Waals surface area (Å²) in [4.78, 5) is 20.9. The second kappa shape index (κ2) is 5.54. The van der Waals surface area contributed by atoms with Crippen molar-refractivity contribution in [1.29, 1.82) is 0 Å². The van der Waals surface area contributed by atoms with E-state index in [0.29, 0.717) is 0 Å². The molecular formula is C7H13NO4. The predicted octanol–water partition coefficient (Wildman–Crippen LogP) is -0.258. The molecule has 0 spiro atoms. The third-order valence-electron chi connectivity index (χ3n) is 1.26. The number of carbonyl (C=O) groups excluding carboxylic acids is 1. The number of nitrogens with two attached hydrogens (primary N) is 1. The molecule has 12 heavy (non-hydrogen) atoms. The van der Waals surface area contributed by atoms with Crippen LogP contribution in [0.5, 0.6) is 0 Å². The van der Waals surface area contributed by atoms with E-state index in [-0.39, 0.29) is 19.4 Å². The van der Waals surface area contributed by atoms with Gasteiger partial charge in [0.25, 0.3) is 0 Å². The molecule has 0 amide bonds. The van der Waals surface area contributed by atoms with Crippen molar-refractivity contribution in [3.05, 3.63) is 0 Å². The van der Waals surface area contributed by atoms with Crippen molar-refractivity contribution < 1.29 is 19.4 Å². The third kappa shape index (κ3) is 4.68. The maximum atomic E-state index is 10.8. The summed E-state index contributed by atoms with van der Waals surface area (Å²) in [6.45, 7) is 1.93. The Balaban J connectivity index is 3.63. The summed E-state index contributed by atoms with van der Waals surface area (Å²) in [6.07, 6.45) is 0.00808. The average Bonchev–Trinajstić information content (AvgIpc) is 2.00. The van der Waals surface area contributed by atoms with Crippen molar-refractivity contribution in [3.63, 3.8) is 0 Å². The summed E-state index contributed by atoms with van der Waals surface area (Å²) in [5.74, 6) is -1.51. The normalized spacial score (nSPS) is 12.2. The first-order valence-electron chi connectivity index (χ1n) is 3.72. The highest BCUT2D eigenvalue weighted by Gasteiger charge is 2.15. The maximum absolute atomic E-state index is 10.8.